The molecule has 4 heteroatoms. The first-order chi connectivity index (χ1) is 7.58. The van der Waals surface area contributed by atoms with Gasteiger partial charge in [-0.15, -0.1) is 0 Å². The van der Waals surface area contributed by atoms with Crippen molar-refractivity contribution < 1.29 is 9.59 Å². The van der Waals surface area contributed by atoms with Gasteiger partial charge < -0.3 is 10.6 Å². The summed E-state index contributed by atoms with van der Waals surface area (Å²) in [5.74, 6) is -0.360. The minimum atomic E-state index is -0.360. The van der Waals surface area contributed by atoms with E-state index < -0.39 is 0 Å². The number of nitrogens with zero attached hydrogens (tertiary/aromatic N) is 1. The Balaban J connectivity index is 3.01. The van der Waals surface area contributed by atoms with Gasteiger partial charge in [0.15, 0.2) is 0 Å². The number of hydrogen-bond acceptors (Lipinski definition) is 3. The van der Waals surface area contributed by atoms with Crippen LogP contribution in [0, 0.1) is 6.92 Å². The number of hydrogen-bond donors (Lipinski definition) is 1. The maximum Gasteiger partial charge on any atom is 0.236 e. The van der Waals surface area contributed by atoms with Gasteiger partial charge in [0.1, 0.15) is 6.29 Å². The minimum absolute atomic E-state index is 0.192. The van der Waals surface area contributed by atoms with E-state index in [0.717, 1.165) is 17.5 Å². The molecule has 0 aliphatic rings. The first-order valence-electron chi connectivity index (χ1n) is 5.17. The summed E-state index contributed by atoms with van der Waals surface area (Å²) in [7, 11) is 0. The van der Waals surface area contributed by atoms with Gasteiger partial charge in [0, 0.05) is 17.8 Å². The molecule has 0 fully saturated rings. The molecule has 1 aromatic rings. The summed E-state index contributed by atoms with van der Waals surface area (Å²) < 4.78 is 0. The number of carbonyl (C=O) groups excluding carboxylic acids is 2. The number of carbonyl (C=O) groups is 2. The summed E-state index contributed by atoms with van der Waals surface area (Å²) in [6, 6.07) is 5.37. The van der Waals surface area contributed by atoms with Gasteiger partial charge in [0.2, 0.25) is 5.91 Å². The molecule has 16 heavy (non-hydrogen) atoms. The lowest BCUT2D eigenvalue weighted by molar-refractivity contribution is -0.116. The Hall–Kier alpha value is -1.84. The van der Waals surface area contributed by atoms with Gasteiger partial charge in [-0.1, -0.05) is 0 Å². The third-order valence-electron chi connectivity index (χ3n) is 2.43. The molecule has 0 saturated carbocycles. The Labute approximate surface area is 95.0 Å². The zero-order valence-electron chi connectivity index (χ0n) is 9.56. The highest BCUT2D eigenvalue weighted by molar-refractivity contribution is 5.81. The van der Waals surface area contributed by atoms with Crippen LogP contribution in [-0.2, 0) is 4.79 Å². The fourth-order valence-corrected chi connectivity index (χ4v) is 1.66. The average molecular weight is 220 g/mol. The number of likely N-dealkylation sites (N-methyl/N-ethyl adjacent to an activating group) is 1. The molecule has 0 aromatic heterocycles. The minimum Gasteiger partial charge on any atom is -0.368 e. The summed E-state index contributed by atoms with van der Waals surface area (Å²) in [6.07, 6.45) is 0.807. The van der Waals surface area contributed by atoms with Crippen molar-refractivity contribution in [3.63, 3.8) is 0 Å². The summed E-state index contributed by atoms with van der Waals surface area (Å²) in [5.41, 5.74) is 7.71. The fourth-order valence-electron chi connectivity index (χ4n) is 1.66. The second kappa shape index (κ2) is 5.30. The highest BCUT2D eigenvalue weighted by atomic mass is 16.1. The zero-order chi connectivity index (χ0) is 12.1. The molecule has 1 rings (SSSR count). The van der Waals surface area contributed by atoms with Crippen molar-refractivity contribution in [3.8, 4) is 0 Å². The third-order valence-corrected chi connectivity index (χ3v) is 2.43. The van der Waals surface area contributed by atoms with Crippen LogP contribution in [0.5, 0.6) is 0 Å². The number of amides is 1. The van der Waals surface area contributed by atoms with Gasteiger partial charge in [-0.25, -0.2) is 0 Å². The van der Waals surface area contributed by atoms with Gasteiger partial charge in [-0.05, 0) is 37.6 Å². The van der Waals surface area contributed by atoms with Crippen LogP contribution in [0.2, 0.25) is 0 Å². The van der Waals surface area contributed by atoms with Crippen molar-refractivity contribution >= 4 is 17.9 Å². The van der Waals surface area contributed by atoms with E-state index in [1.54, 1.807) is 12.1 Å². The van der Waals surface area contributed by atoms with Crippen molar-refractivity contribution in [2.45, 2.75) is 13.8 Å². The Kier molecular flexibility index (Phi) is 4.05. The van der Waals surface area contributed by atoms with E-state index in [1.165, 1.54) is 0 Å². The molecule has 0 saturated heterocycles. The largest absolute Gasteiger partial charge is 0.368 e. The number of benzene rings is 1. The molecule has 1 aromatic carbocycles. The van der Waals surface area contributed by atoms with Gasteiger partial charge in [0.05, 0.1) is 6.54 Å². The van der Waals surface area contributed by atoms with Crippen molar-refractivity contribution in [2.75, 3.05) is 18.0 Å². The van der Waals surface area contributed by atoms with Crippen LogP contribution in [0.15, 0.2) is 18.2 Å². The van der Waals surface area contributed by atoms with E-state index >= 15 is 0 Å². The maximum atomic E-state index is 10.9. The van der Waals surface area contributed by atoms with E-state index in [-0.39, 0.29) is 12.5 Å². The molecule has 0 bridgehead atoms. The number of rotatable bonds is 5. The maximum absolute atomic E-state index is 10.9. The Morgan fingerprint density at radius 1 is 1.50 bits per heavy atom. The average Bonchev–Trinajstić information content (AvgIpc) is 2.25. The fraction of sp³-hybridized carbons (Fsp3) is 0.333. The summed E-state index contributed by atoms with van der Waals surface area (Å²) in [5, 5.41) is 0. The second-order valence-corrected chi connectivity index (χ2v) is 3.64. The lowest BCUT2D eigenvalue weighted by Gasteiger charge is -2.23. The smallest absolute Gasteiger partial charge is 0.236 e. The van der Waals surface area contributed by atoms with Crippen LogP contribution in [-0.4, -0.2) is 25.3 Å². The van der Waals surface area contributed by atoms with E-state index in [0.29, 0.717) is 12.1 Å². The molecule has 0 atom stereocenters. The molecular formula is C12H16N2O2. The van der Waals surface area contributed by atoms with Crippen molar-refractivity contribution in [2.24, 2.45) is 5.73 Å². The monoisotopic (exact) mass is 220 g/mol. The van der Waals surface area contributed by atoms with Crippen LogP contribution in [0.3, 0.4) is 0 Å². The number of aldehydes is 1. The molecule has 4 nitrogen and oxygen atoms in total. The molecule has 0 radical (unpaired) electrons. The number of primary amides is 1. The summed E-state index contributed by atoms with van der Waals surface area (Å²) in [4.78, 5) is 23.4. The molecule has 0 unspecified atom stereocenters. The van der Waals surface area contributed by atoms with Gasteiger partial charge >= 0.3 is 0 Å². The van der Waals surface area contributed by atoms with E-state index in [1.807, 2.05) is 24.8 Å². The first kappa shape index (κ1) is 12.2. The van der Waals surface area contributed by atoms with E-state index in [4.69, 9.17) is 5.73 Å². The van der Waals surface area contributed by atoms with Crippen LogP contribution in [0.4, 0.5) is 5.69 Å². The summed E-state index contributed by atoms with van der Waals surface area (Å²) >= 11 is 0. The molecule has 0 aliphatic carbocycles. The predicted octanol–water partition coefficient (Wildman–Crippen LogP) is 1.12. The van der Waals surface area contributed by atoms with Gasteiger partial charge in [0.25, 0.3) is 0 Å². The number of aryl methyl sites for hydroxylation is 1. The van der Waals surface area contributed by atoms with Crippen molar-refractivity contribution in [1.29, 1.82) is 0 Å². The topological polar surface area (TPSA) is 63.4 Å². The summed E-state index contributed by atoms with van der Waals surface area (Å²) in [6.45, 7) is 4.75. The second-order valence-electron chi connectivity index (χ2n) is 3.64. The zero-order valence-corrected chi connectivity index (χ0v) is 9.56. The Morgan fingerprint density at radius 3 is 2.62 bits per heavy atom. The Morgan fingerprint density at radius 2 is 2.19 bits per heavy atom. The normalized spacial score (nSPS) is 9.88. The molecule has 0 spiro atoms. The molecule has 0 heterocycles. The Bertz CT molecular complexity index is 402. The van der Waals surface area contributed by atoms with Crippen LogP contribution in [0.1, 0.15) is 22.8 Å². The highest BCUT2D eigenvalue weighted by Crippen LogP contribution is 2.20. The molecular weight excluding hydrogens is 204 g/mol. The predicted molar refractivity (Wildman–Crippen MR) is 63.6 cm³/mol. The van der Waals surface area contributed by atoms with Crippen LogP contribution < -0.4 is 10.6 Å². The third kappa shape index (κ3) is 2.82. The van der Waals surface area contributed by atoms with E-state index in [2.05, 4.69) is 0 Å². The molecule has 1 amide bonds. The lowest BCUT2D eigenvalue weighted by Crippen LogP contribution is -2.34. The quantitative estimate of drug-likeness (QED) is 0.756. The molecule has 0 aliphatic heterocycles. The van der Waals surface area contributed by atoms with Crippen LogP contribution >= 0.6 is 0 Å². The highest BCUT2D eigenvalue weighted by Gasteiger charge is 2.10. The number of anilines is 1. The van der Waals surface area contributed by atoms with Gasteiger partial charge in [-0.2, -0.15) is 0 Å². The van der Waals surface area contributed by atoms with Crippen LogP contribution in [0.25, 0.3) is 0 Å². The van der Waals surface area contributed by atoms with Gasteiger partial charge in [-0.3, -0.25) is 9.59 Å². The van der Waals surface area contributed by atoms with E-state index in [9.17, 15) is 9.59 Å². The molecule has 2 N–H and O–H groups in total. The number of nitrogens with two attached hydrogens (primary N) is 1. The standard InChI is InChI=1S/C12H16N2O2/c1-3-14(7-12(13)16)11-5-4-10(8-15)6-9(11)2/h4-6,8H,3,7H2,1-2H3,(H2,13,16). The first-order valence-corrected chi connectivity index (χ1v) is 5.17. The SMILES string of the molecule is CCN(CC(N)=O)c1ccc(C=O)cc1C. The van der Waals surface area contributed by atoms with Crippen molar-refractivity contribution in [3.05, 3.63) is 29.3 Å². The lowest BCUT2D eigenvalue weighted by atomic mass is 10.1. The molecule has 86 valence electrons. The van der Waals surface area contributed by atoms with Crippen molar-refractivity contribution in [1.82, 2.24) is 0 Å².